The van der Waals surface area contributed by atoms with Crippen LogP contribution in [0.5, 0.6) is 0 Å². The van der Waals surface area contributed by atoms with Crippen LogP contribution in [0.15, 0.2) is 186 Å². The smallest absolute Gasteiger partial charge is 0.0735 e. The number of para-hydroxylation sites is 1. The Morgan fingerprint density at radius 2 is 0.943 bits per heavy atom. The van der Waals surface area contributed by atoms with Crippen LogP contribution in [0, 0.1) is 0 Å². The first-order chi connectivity index (χ1) is 26.3. The summed E-state index contributed by atoms with van der Waals surface area (Å²) in [5.74, 6) is 0. The molecule has 1 aliphatic carbocycles. The van der Waals surface area contributed by atoms with Crippen LogP contribution in [-0.4, -0.2) is 0 Å². The van der Waals surface area contributed by atoms with Gasteiger partial charge in [0.2, 0.25) is 0 Å². The summed E-state index contributed by atoms with van der Waals surface area (Å²) in [6.07, 6.45) is 0. The number of hydrogen-bond donors (Lipinski definition) is 0. The average molecular weight is 728 g/mol. The van der Waals surface area contributed by atoms with Gasteiger partial charge >= 0.3 is 0 Å². The lowest BCUT2D eigenvalue weighted by molar-refractivity contribution is 0.723. The van der Waals surface area contributed by atoms with Crippen molar-refractivity contribution in [3.63, 3.8) is 0 Å². The minimum Gasteiger partial charge on any atom is -0.309 e. The Morgan fingerprint density at radius 3 is 1.68 bits per heavy atom. The predicted molar refractivity (Wildman–Crippen MR) is 228 cm³/mol. The first-order valence-electron chi connectivity index (χ1n) is 18.0. The van der Waals surface area contributed by atoms with E-state index in [1.54, 1.807) is 0 Å². The van der Waals surface area contributed by atoms with Crippen molar-refractivity contribution in [1.82, 2.24) is 0 Å². The third-order valence-electron chi connectivity index (χ3n) is 11.3. The Kier molecular flexibility index (Phi) is 6.30. The first-order valence-corrected chi connectivity index (χ1v) is 20.5. The van der Waals surface area contributed by atoms with Gasteiger partial charge in [0.15, 0.2) is 0 Å². The van der Waals surface area contributed by atoms with E-state index >= 15 is 0 Å². The van der Waals surface area contributed by atoms with E-state index < -0.39 is 0 Å². The molecular formula is C49H29NS3. The second kappa shape index (κ2) is 11.2. The second-order valence-corrected chi connectivity index (χ2v) is 17.2. The molecule has 0 saturated heterocycles. The molecule has 0 bridgehead atoms. The van der Waals surface area contributed by atoms with E-state index in [0.717, 1.165) is 5.69 Å². The highest BCUT2D eigenvalue weighted by Crippen LogP contribution is 2.63. The number of thiophene rings is 2. The zero-order chi connectivity index (χ0) is 34.7. The maximum Gasteiger partial charge on any atom is 0.0735 e. The predicted octanol–water partition coefficient (Wildman–Crippen LogP) is 14.7. The largest absolute Gasteiger partial charge is 0.309 e. The van der Waals surface area contributed by atoms with Gasteiger partial charge in [-0.25, -0.2) is 0 Å². The van der Waals surface area contributed by atoms with Crippen LogP contribution in [0.1, 0.15) is 22.3 Å². The summed E-state index contributed by atoms with van der Waals surface area (Å²) in [4.78, 5) is 5.17. The van der Waals surface area contributed by atoms with Crippen molar-refractivity contribution in [1.29, 1.82) is 0 Å². The fourth-order valence-corrected chi connectivity index (χ4v) is 12.7. The molecule has 0 N–H and O–H groups in total. The third-order valence-corrected chi connectivity index (χ3v) is 14.7. The molecule has 1 spiro atoms. The number of benzene rings is 8. The minimum atomic E-state index is -0.386. The van der Waals surface area contributed by atoms with E-state index in [1.165, 1.54) is 94.9 Å². The number of fused-ring (bicyclic) bond motifs is 15. The Bertz CT molecular complexity index is 3070. The van der Waals surface area contributed by atoms with Crippen LogP contribution in [-0.2, 0) is 5.41 Å². The van der Waals surface area contributed by atoms with Crippen molar-refractivity contribution >= 4 is 91.8 Å². The molecule has 53 heavy (non-hydrogen) atoms. The fraction of sp³-hybridized carbons (Fsp3) is 0.0204. The molecule has 8 aromatic carbocycles. The van der Waals surface area contributed by atoms with E-state index in [1.807, 2.05) is 34.4 Å². The van der Waals surface area contributed by atoms with Gasteiger partial charge in [-0.1, -0.05) is 121 Å². The summed E-state index contributed by atoms with van der Waals surface area (Å²) in [7, 11) is 0. The SMILES string of the molecule is c1ccc(N(c2cccc3sc4ccccc4c23)c2cccc3sc4cc5c(cc4c23)-c2ccccc2C52c3ccccc3Sc3ccccc32)cc1. The van der Waals surface area contributed by atoms with E-state index in [4.69, 9.17) is 0 Å². The van der Waals surface area contributed by atoms with Crippen LogP contribution in [0.2, 0.25) is 0 Å². The van der Waals surface area contributed by atoms with Crippen LogP contribution < -0.4 is 4.90 Å². The second-order valence-electron chi connectivity index (χ2n) is 14.0. The number of hydrogen-bond acceptors (Lipinski definition) is 4. The zero-order valence-electron chi connectivity index (χ0n) is 28.4. The van der Waals surface area contributed by atoms with Gasteiger partial charge in [0.25, 0.3) is 0 Å². The molecule has 248 valence electrons. The Hall–Kier alpha value is -5.65. The third kappa shape index (κ3) is 4.03. The van der Waals surface area contributed by atoms with Crippen LogP contribution in [0.3, 0.4) is 0 Å². The lowest BCUT2D eigenvalue weighted by Crippen LogP contribution is -2.31. The average Bonchev–Trinajstić information content (AvgIpc) is 3.87. The summed E-state index contributed by atoms with van der Waals surface area (Å²) >= 11 is 5.69. The monoisotopic (exact) mass is 727 g/mol. The van der Waals surface area contributed by atoms with Crippen LogP contribution in [0.25, 0.3) is 51.5 Å². The van der Waals surface area contributed by atoms with Crippen LogP contribution in [0.4, 0.5) is 17.1 Å². The standard InChI is InChI=1S/C49H29NS3/c1-2-14-30(15-3-1)50(39-21-12-26-44-47(39)32-17-5-9-23-41(32)51-44)40-22-13-27-45-48(40)34-28-33-31-16-4-6-18-35(31)49(38(33)29-46(34)53-45)36-19-7-10-24-42(36)52-43-25-11-8-20-37(43)49/h1-29H. The Morgan fingerprint density at radius 1 is 0.377 bits per heavy atom. The van der Waals surface area contributed by atoms with Gasteiger partial charge in [0.1, 0.15) is 0 Å². The molecule has 1 nitrogen and oxygen atoms in total. The van der Waals surface area contributed by atoms with Crippen molar-refractivity contribution in [2.75, 3.05) is 4.90 Å². The van der Waals surface area contributed by atoms with E-state index in [-0.39, 0.29) is 5.41 Å². The normalized spacial score (nSPS) is 13.7. The maximum absolute atomic E-state index is 2.54. The highest BCUT2D eigenvalue weighted by Gasteiger charge is 2.50. The Balaban J connectivity index is 1.18. The van der Waals surface area contributed by atoms with Crippen molar-refractivity contribution < 1.29 is 0 Å². The zero-order valence-corrected chi connectivity index (χ0v) is 30.9. The fourth-order valence-electron chi connectivity index (χ4n) is 9.26. The topological polar surface area (TPSA) is 3.24 Å². The van der Waals surface area contributed by atoms with Gasteiger partial charge < -0.3 is 4.90 Å². The minimum absolute atomic E-state index is 0.386. The quantitative estimate of drug-likeness (QED) is 0.178. The number of rotatable bonds is 3. The molecular weight excluding hydrogens is 699 g/mol. The Labute approximate surface area is 319 Å². The van der Waals surface area contributed by atoms with E-state index in [0.29, 0.717) is 0 Å². The highest BCUT2D eigenvalue weighted by atomic mass is 32.2. The van der Waals surface area contributed by atoms with Gasteiger partial charge in [-0.3, -0.25) is 0 Å². The van der Waals surface area contributed by atoms with Gasteiger partial charge in [0, 0.05) is 55.8 Å². The molecule has 0 fully saturated rings. The maximum atomic E-state index is 2.54. The molecule has 1 aliphatic heterocycles. The van der Waals surface area contributed by atoms with E-state index in [2.05, 4.69) is 181 Å². The lowest BCUT2D eigenvalue weighted by atomic mass is 9.67. The summed E-state index contributed by atoms with van der Waals surface area (Å²) in [6, 6.07) is 65.8. The van der Waals surface area contributed by atoms with Gasteiger partial charge in [-0.05, 0) is 100 Å². The molecule has 2 aliphatic rings. The summed E-state index contributed by atoms with van der Waals surface area (Å²) in [5.41, 5.74) is 11.3. The molecule has 2 aromatic heterocycles. The van der Waals surface area contributed by atoms with Gasteiger partial charge in [0.05, 0.1) is 16.8 Å². The molecule has 0 amide bonds. The molecule has 12 rings (SSSR count). The van der Waals surface area contributed by atoms with Gasteiger partial charge in [-0.2, -0.15) is 0 Å². The van der Waals surface area contributed by atoms with Crippen molar-refractivity contribution in [3.8, 4) is 11.1 Å². The summed E-state index contributed by atoms with van der Waals surface area (Å²) < 4.78 is 5.23. The molecule has 0 unspecified atom stereocenters. The molecule has 10 aromatic rings. The van der Waals surface area contributed by atoms with Crippen LogP contribution >= 0.6 is 34.4 Å². The molecule has 3 heterocycles. The molecule has 4 heteroatoms. The van der Waals surface area contributed by atoms with E-state index in [9.17, 15) is 0 Å². The summed E-state index contributed by atoms with van der Waals surface area (Å²) in [6.45, 7) is 0. The molecule has 0 radical (unpaired) electrons. The number of nitrogens with zero attached hydrogens (tertiary/aromatic N) is 1. The molecule has 0 atom stereocenters. The molecule has 0 saturated carbocycles. The lowest BCUT2D eigenvalue weighted by Gasteiger charge is -2.39. The van der Waals surface area contributed by atoms with Crippen molar-refractivity contribution in [3.05, 3.63) is 198 Å². The van der Waals surface area contributed by atoms with Crippen molar-refractivity contribution in [2.24, 2.45) is 0 Å². The number of anilines is 3. The van der Waals surface area contributed by atoms with Crippen molar-refractivity contribution in [2.45, 2.75) is 15.2 Å². The first kappa shape index (κ1) is 29.9. The van der Waals surface area contributed by atoms with Gasteiger partial charge in [-0.15, -0.1) is 22.7 Å². The summed E-state index contributed by atoms with van der Waals surface area (Å²) in [5, 5.41) is 5.21. The highest BCUT2D eigenvalue weighted by molar-refractivity contribution is 7.99.